The highest BCUT2D eigenvalue weighted by molar-refractivity contribution is 7.10. The van der Waals surface area contributed by atoms with Gasteiger partial charge in [-0.05, 0) is 23.6 Å². The van der Waals surface area contributed by atoms with Gasteiger partial charge in [-0.3, -0.25) is 9.69 Å². The molecule has 0 spiro atoms. The summed E-state index contributed by atoms with van der Waals surface area (Å²) in [5.41, 5.74) is 0.760. The van der Waals surface area contributed by atoms with Crippen LogP contribution in [0.4, 0.5) is 0 Å². The molecule has 0 bridgehead atoms. The molecule has 2 aromatic rings. The zero-order chi connectivity index (χ0) is 17.8. The molecule has 1 aliphatic rings. The van der Waals surface area contributed by atoms with Gasteiger partial charge in [0.1, 0.15) is 11.5 Å². The number of rotatable bonds is 5. The van der Waals surface area contributed by atoms with E-state index in [1.165, 1.54) is 23.5 Å². The van der Waals surface area contributed by atoms with Crippen LogP contribution in [0, 0.1) is 22.7 Å². The fourth-order valence-electron chi connectivity index (χ4n) is 2.54. The molecule has 0 radical (unpaired) electrons. The number of thiophene rings is 1. The number of carbonyl (C=O) groups excluding carboxylic acids is 1. The number of phenols is 1. The topological polar surface area (TPSA) is 97.3 Å². The van der Waals surface area contributed by atoms with Crippen LogP contribution in [0.25, 0.3) is 6.08 Å². The van der Waals surface area contributed by atoms with E-state index in [-0.39, 0.29) is 42.7 Å². The number of fused-ring (bicyclic) bond motifs is 1. The molecular formula is C18H13N3O3S. The van der Waals surface area contributed by atoms with Gasteiger partial charge in [-0.2, -0.15) is 10.5 Å². The Labute approximate surface area is 148 Å². The van der Waals surface area contributed by atoms with E-state index in [0.29, 0.717) is 11.1 Å². The third-order valence-electron chi connectivity index (χ3n) is 3.70. The van der Waals surface area contributed by atoms with E-state index >= 15 is 0 Å². The Bertz CT molecular complexity index is 904. The zero-order valence-electron chi connectivity index (χ0n) is 13.1. The van der Waals surface area contributed by atoms with Crippen LogP contribution < -0.4 is 4.74 Å². The lowest BCUT2D eigenvalue weighted by molar-refractivity contribution is 0.101. The van der Waals surface area contributed by atoms with Gasteiger partial charge in [-0.1, -0.05) is 6.07 Å². The number of ketones is 1. The largest absolute Gasteiger partial charge is 0.507 e. The molecule has 0 atom stereocenters. The highest BCUT2D eigenvalue weighted by atomic mass is 32.1. The van der Waals surface area contributed by atoms with Crippen LogP contribution in [-0.2, 0) is 6.54 Å². The minimum Gasteiger partial charge on any atom is -0.507 e. The molecule has 0 aliphatic carbocycles. The molecule has 0 fully saturated rings. The summed E-state index contributed by atoms with van der Waals surface area (Å²) in [7, 11) is 0. The van der Waals surface area contributed by atoms with Crippen LogP contribution in [0.5, 0.6) is 11.5 Å². The van der Waals surface area contributed by atoms with Crippen molar-refractivity contribution in [1.82, 2.24) is 4.90 Å². The second-order valence-electron chi connectivity index (χ2n) is 5.36. The smallest absolute Gasteiger partial charge is 0.232 e. The van der Waals surface area contributed by atoms with Crippen molar-refractivity contribution in [2.75, 3.05) is 13.1 Å². The van der Waals surface area contributed by atoms with Gasteiger partial charge in [0.15, 0.2) is 5.76 Å². The highest BCUT2D eigenvalue weighted by Crippen LogP contribution is 2.40. The van der Waals surface area contributed by atoms with Gasteiger partial charge in [-0.15, -0.1) is 11.3 Å². The van der Waals surface area contributed by atoms with Crippen molar-refractivity contribution in [3.05, 3.63) is 51.4 Å². The van der Waals surface area contributed by atoms with Crippen molar-refractivity contribution < 1.29 is 14.6 Å². The molecule has 1 N–H and O–H groups in total. The molecule has 7 heteroatoms. The van der Waals surface area contributed by atoms with Gasteiger partial charge in [0, 0.05) is 17.5 Å². The standard InChI is InChI=1S/C18H13N3O3S/c19-5-7-21(8-6-20)11-14-15(22)4-3-13-17(23)16(24-18(13)14)10-12-2-1-9-25-12/h1-4,9-10,22H,7-8,11H2/b16-10-. The van der Waals surface area contributed by atoms with Crippen LogP contribution in [0.15, 0.2) is 35.4 Å². The van der Waals surface area contributed by atoms with E-state index in [0.717, 1.165) is 4.88 Å². The summed E-state index contributed by atoms with van der Waals surface area (Å²) in [5, 5.41) is 29.8. The number of allylic oxidation sites excluding steroid dienone is 1. The summed E-state index contributed by atoms with van der Waals surface area (Å²) in [5.74, 6) is 0.187. The first-order chi connectivity index (χ1) is 12.1. The SMILES string of the molecule is N#CCN(CC#N)Cc1c(O)ccc2c1O/C(=C\c1cccs1)C2=O. The van der Waals surface area contributed by atoms with Crippen molar-refractivity contribution in [2.24, 2.45) is 0 Å². The van der Waals surface area contributed by atoms with Crippen molar-refractivity contribution in [3.63, 3.8) is 0 Å². The molecule has 0 amide bonds. The van der Waals surface area contributed by atoms with E-state index in [9.17, 15) is 9.90 Å². The third-order valence-corrected chi connectivity index (χ3v) is 4.52. The lowest BCUT2D eigenvalue weighted by atomic mass is 10.0. The molecular weight excluding hydrogens is 338 g/mol. The fraction of sp³-hybridized carbons (Fsp3) is 0.167. The molecule has 0 unspecified atom stereocenters. The molecule has 0 saturated carbocycles. The first kappa shape index (κ1) is 16.7. The molecule has 3 rings (SSSR count). The normalized spacial score (nSPS) is 14.2. The number of nitrogens with zero attached hydrogens (tertiary/aromatic N) is 3. The van der Waals surface area contributed by atoms with Crippen LogP contribution in [-0.4, -0.2) is 28.9 Å². The maximum absolute atomic E-state index is 12.5. The van der Waals surface area contributed by atoms with Crippen molar-refractivity contribution in [1.29, 1.82) is 10.5 Å². The number of nitriles is 2. The Morgan fingerprint density at radius 1 is 1.24 bits per heavy atom. The number of Topliss-reactive ketones (excluding diaryl/α,β-unsaturated/α-hetero) is 1. The average molecular weight is 351 g/mol. The Morgan fingerprint density at radius 3 is 2.64 bits per heavy atom. The quantitative estimate of drug-likeness (QED) is 0.657. The summed E-state index contributed by atoms with van der Waals surface area (Å²) >= 11 is 1.48. The van der Waals surface area contributed by atoms with Gasteiger partial charge in [0.05, 0.1) is 36.4 Å². The van der Waals surface area contributed by atoms with Gasteiger partial charge >= 0.3 is 0 Å². The van der Waals surface area contributed by atoms with E-state index < -0.39 is 0 Å². The van der Waals surface area contributed by atoms with E-state index in [1.807, 2.05) is 29.7 Å². The van der Waals surface area contributed by atoms with Gasteiger partial charge in [0.2, 0.25) is 5.78 Å². The Kier molecular flexibility index (Phi) is 4.80. The van der Waals surface area contributed by atoms with Crippen molar-refractivity contribution in [3.8, 4) is 23.6 Å². The van der Waals surface area contributed by atoms with Crippen LogP contribution in [0.2, 0.25) is 0 Å². The molecule has 124 valence electrons. The minimum atomic E-state index is -0.253. The monoisotopic (exact) mass is 351 g/mol. The Morgan fingerprint density at radius 2 is 2.00 bits per heavy atom. The van der Waals surface area contributed by atoms with E-state index in [2.05, 4.69) is 0 Å². The summed E-state index contributed by atoms with van der Waals surface area (Å²) in [4.78, 5) is 15.0. The first-order valence-corrected chi connectivity index (χ1v) is 8.31. The molecule has 0 saturated heterocycles. The predicted octanol–water partition coefficient (Wildman–Crippen LogP) is 2.92. The summed E-state index contributed by atoms with van der Waals surface area (Å²) in [6, 6.07) is 10.7. The lowest BCUT2D eigenvalue weighted by Crippen LogP contribution is -2.24. The maximum atomic E-state index is 12.5. The molecule has 6 nitrogen and oxygen atoms in total. The maximum Gasteiger partial charge on any atom is 0.232 e. The number of benzene rings is 1. The number of hydrogen-bond acceptors (Lipinski definition) is 7. The highest BCUT2D eigenvalue weighted by Gasteiger charge is 2.31. The summed E-state index contributed by atoms with van der Waals surface area (Å²) in [6.07, 6.45) is 1.66. The van der Waals surface area contributed by atoms with Gasteiger partial charge < -0.3 is 9.84 Å². The molecule has 25 heavy (non-hydrogen) atoms. The van der Waals surface area contributed by atoms with E-state index in [1.54, 1.807) is 11.0 Å². The summed E-state index contributed by atoms with van der Waals surface area (Å²) in [6.45, 7) is 0.195. The minimum absolute atomic E-state index is 0.0303. The number of aromatic hydroxyl groups is 1. The molecule has 2 heterocycles. The third kappa shape index (κ3) is 3.38. The number of phenolic OH excluding ortho intramolecular Hbond substituents is 1. The Hall–Kier alpha value is -3.13. The van der Waals surface area contributed by atoms with Gasteiger partial charge in [-0.25, -0.2) is 0 Å². The second-order valence-corrected chi connectivity index (χ2v) is 6.34. The van der Waals surface area contributed by atoms with Crippen LogP contribution >= 0.6 is 11.3 Å². The summed E-state index contributed by atoms with van der Waals surface area (Å²) < 4.78 is 5.73. The predicted molar refractivity (Wildman–Crippen MR) is 91.9 cm³/mol. The molecule has 1 aromatic carbocycles. The van der Waals surface area contributed by atoms with Crippen molar-refractivity contribution >= 4 is 23.2 Å². The Balaban J connectivity index is 1.96. The number of carbonyl (C=O) groups is 1. The van der Waals surface area contributed by atoms with Crippen LogP contribution in [0.3, 0.4) is 0 Å². The number of ether oxygens (including phenoxy) is 1. The van der Waals surface area contributed by atoms with E-state index in [4.69, 9.17) is 15.3 Å². The first-order valence-electron chi connectivity index (χ1n) is 7.43. The second kappa shape index (κ2) is 7.18. The fourth-order valence-corrected chi connectivity index (χ4v) is 3.19. The lowest BCUT2D eigenvalue weighted by Gasteiger charge is -2.17. The van der Waals surface area contributed by atoms with Crippen LogP contribution in [0.1, 0.15) is 20.8 Å². The van der Waals surface area contributed by atoms with Gasteiger partial charge in [0.25, 0.3) is 0 Å². The molecule has 1 aliphatic heterocycles. The number of hydrogen-bond donors (Lipinski definition) is 1. The average Bonchev–Trinajstić information content (AvgIpc) is 3.20. The molecule has 1 aromatic heterocycles. The zero-order valence-corrected chi connectivity index (χ0v) is 13.9. The van der Waals surface area contributed by atoms with Crippen molar-refractivity contribution in [2.45, 2.75) is 6.54 Å².